The fourth-order valence-electron chi connectivity index (χ4n) is 1.91. The van der Waals surface area contributed by atoms with Crippen LogP contribution in [0.4, 0.5) is 0 Å². The number of thiophene rings is 1. The SMILES string of the molecule is CC(C)(C)c1ccc(SCc2sccc2C#CCN)cc1. The van der Waals surface area contributed by atoms with E-state index in [4.69, 9.17) is 5.73 Å². The standard InChI is InChI=1S/C18H21NS2/c1-18(2,3)15-6-8-16(9-7-15)21-13-17-14(5-4-11-19)10-12-20-17/h6-10,12H,11,13,19H2,1-3H3. The first kappa shape index (κ1) is 16.2. The average Bonchev–Trinajstić information content (AvgIpc) is 2.90. The number of hydrogen-bond acceptors (Lipinski definition) is 3. The molecule has 0 atom stereocenters. The zero-order chi connectivity index (χ0) is 15.3. The minimum Gasteiger partial charge on any atom is -0.320 e. The van der Waals surface area contributed by atoms with Crippen LogP contribution in [0, 0.1) is 11.8 Å². The molecule has 1 aromatic heterocycles. The Bertz CT molecular complexity index is 636. The maximum absolute atomic E-state index is 5.43. The van der Waals surface area contributed by atoms with E-state index in [0.29, 0.717) is 6.54 Å². The summed E-state index contributed by atoms with van der Waals surface area (Å²) in [6.07, 6.45) is 0. The summed E-state index contributed by atoms with van der Waals surface area (Å²) in [6, 6.07) is 11.0. The summed E-state index contributed by atoms with van der Waals surface area (Å²) >= 11 is 3.62. The van der Waals surface area contributed by atoms with Crippen molar-refractivity contribution in [3.05, 3.63) is 51.7 Å². The van der Waals surface area contributed by atoms with Crippen LogP contribution in [0.3, 0.4) is 0 Å². The number of hydrogen-bond donors (Lipinski definition) is 1. The normalized spacial score (nSPS) is 11.0. The molecule has 1 nitrogen and oxygen atoms in total. The van der Waals surface area contributed by atoms with E-state index in [0.717, 1.165) is 11.3 Å². The van der Waals surface area contributed by atoms with Gasteiger partial charge >= 0.3 is 0 Å². The van der Waals surface area contributed by atoms with Gasteiger partial charge in [0.2, 0.25) is 0 Å². The van der Waals surface area contributed by atoms with Crippen molar-refractivity contribution >= 4 is 23.1 Å². The van der Waals surface area contributed by atoms with E-state index in [-0.39, 0.29) is 5.41 Å². The number of benzene rings is 1. The van der Waals surface area contributed by atoms with E-state index in [1.807, 2.05) is 11.8 Å². The molecular formula is C18H21NS2. The first-order valence-corrected chi connectivity index (χ1v) is 8.86. The average molecular weight is 316 g/mol. The predicted molar refractivity (Wildman–Crippen MR) is 95.0 cm³/mol. The molecular weight excluding hydrogens is 294 g/mol. The van der Waals surface area contributed by atoms with Gasteiger partial charge in [-0.2, -0.15) is 0 Å². The number of rotatable bonds is 3. The molecule has 0 saturated heterocycles. The molecule has 0 radical (unpaired) electrons. The van der Waals surface area contributed by atoms with Crippen molar-refractivity contribution in [3.8, 4) is 11.8 Å². The van der Waals surface area contributed by atoms with Gasteiger partial charge < -0.3 is 5.73 Å². The molecule has 0 aliphatic rings. The highest BCUT2D eigenvalue weighted by Crippen LogP contribution is 2.29. The van der Waals surface area contributed by atoms with Crippen molar-refractivity contribution in [2.24, 2.45) is 5.73 Å². The predicted octanol–water partition coefficient (Wildman–Crippen LogP) is 4.65. The minimum absolute atomic E-state index is 0.210. The van der Waals surface area contributed by atoms with Crippen molar-refractivity contribution in [1.82, 2.24) is 0 Å². The highest BCUT2D eigenvalue weighted by atomic mass is 32.2. The van der Waals surface area contributed by atoms with E-state index in [2.05, 4.69) is 68.3 Å². The van der Waals surface area contributed by atoms with Crippen LogP contribution in [0.5, 0.6) is 0 Å². The van der Waals surface area contributed by atoms with Gasteiger partial charge in [0.15, 0.2) is 0 Å². The molecule has 2 rings (SSSR count). The van der Waals surface area contributed by atoms with Gasteiger partial charge in [0.25, 0.3) is 0 Å². The lowest BCUT2D eigenvalue weighted by Crippen LogP contribution is -2.10. The first-order chi connectivity index (χ1) is 10.0. The van der Waals surface area contributed by atoms with Crippen molar-refractivity contribution in [1.29, 1.82) is 0 Å². The Labute approximate surface area is 136 Å². The fraction of sp³-hybridized carbons (Fsp3) is 0.333. The van der Waals surface area contributed by atoms with Crippen LogP contribution in [0.1, 0.15) is 36.8 Å². The molecule has 110 valence electrons. The second-order valence-corrected chi connectivity index (χ2v) is 7.88. The topological polar surface area (TPSA) is 26.0 Å². The van der Waals surface area contributed by atoms with Crippen molar-refractivity contribution < 1.29 is 0 Å². The van der Waals surface area contributed by atoms with Gasteiger partial charge in [-0.05, 0) is 34.6 Å². The molecule has 2 N–H and O–H groups in total. The smallest absolute Gasteiger partial charge is 0.0555 e. The van der Waals surface area contributed by atoms with Crippen molar-refractivity contribution in [2.75, 3.05) is 6.54 Å². The third-order valence-corrected chi connectivity index (χ3v) is 5.30. The summed E-state index contributed by atoms with van der Waals surface area (Å²) in [7, 11) is 0. The van der Waals surface area contributed by atoms with Gasteiger partial charge in [-0.1, -0.05) is 44.7 Å². The third-order valence-electron chi connectivity index (χ3n) is 3.16. The first-order valence-electron chi connectivity index (χ1n) is 6.99. The van der Waals surface area contributed by atoms with E-state index in [1.54, 1.807) is 11.3 Å². The summed E-state index contributed by atoms with van der Waals surface area (Å²) < 4.78 is 0. The van der Waals surface area contributed by atoms with Gasteiger partial charge in [-0.15, -0.1) is 23.1 Å². The highest BCUT2D eigenvalue weighted by molar-refractivity contribution is 7.98. The quantitative estimate of drug-likeness (QED) is 0.659. The molecule has 1 heterocycles. The van der Waals surface area contributed by atoms with E-state index >= 15 is 0 Å². The van der Waals surface area contributed by atoms with Crippen LogP contribution in [-0.2, 0) is 11.2 Å². The molecule has 0 bridgehead atoms. The van der Waals surface area contributed by atoms with Crippen molar-refractivity contribution in [2.45, 2.75) is 36.8 Å². The monoisotopic (exact) mass is 315 g/mol. The minimum atomic E-state index is 0.210. The molecule has 0 unspecified atom stereocenters. The van der Waals surface area contributed by atoms with Crippen LogP contribution in [-0.4, -0.2) is 6.54 Å². The van der Waals surface area contributed by atoms with Crippen molar-refractivity contribution in [3.63, 3.8) is 0 Å². The fourth-order valence-corrected chi connectivity index (χ4v) is 3.76. The maximum Gasteiger partial charge on any atom is 0.0555 e. The molecule has 0 aliphatic heterocycles. The maximum atomic E-state index is 5.43. The summed E-state index contributed by atoms with van der Waals surface area (Å²) in [5.74, 6) is 7.03. The molecule has 0 amide bonds. The zero-order valence-corrected chi connectivity index (χ0v) is 14.4. The Balaban J connectivity index is 2.02. The Kier molecular flexibility index (Phi) is 5.52. The Morgan fingerprint density at radius 2 is 1.86 bits per heavy atom. The lowest BCUT2D eigenvalue weighted by molar-refractivity contribution is 0.590. The lowest BCUT2D eigenvalue weighted by Gasteiger charge is -2.19. The van der Waals surface area contributed by atoms with Gasteiger partial charge in [-0.25, -0.2) is 0 Å². The summed E-state index contributed by atoms with van der Waals surface area (Å²) in [6.45, 7) is 7.13. The molecule has 1 aromatic carbocycles. The molecule has 21 heavy (non-hydrogen) atoms. The second-order valence-electron chi connectivity index (χ2n) is 5.83. The Morgan fingerprint density at radius 3 is 2.48 bits per heavy atom. The van der Waals surface area contributed by atoms with Gasteiger partial charge in [0, 0.05) is 21.1 Å². The van der Waals surface area contributed by atoms with Gasteiger partial charge in [0.1, 0.15) is 0 Å². The summed E-state index contributed by atoms with van der Waals surface area (Å²) in [5, 5.41) is 2.10. The highest BCUT2D eigenvalue weighted by Gasteiger charge is 2.13. The molecule has 0 aliphatic carbocycles. The van der Waals surface area contributed by atoms with E-state index < -0.39 is 0 Å². The third kappa shape index (κ3) is 4.64. The largest absolute Gasteiger partial charge is 0.320 e. The summed E-state index contributed by atoms with van der Waals surface area (Å²) in [4.78, 5) is 2.62. The Morgan fingerprint density at radius 1 is 1.14 bits per heavy atom. The molecule has 2 aromatic rings. The molecule has 0 fully saturated rings. The Hall–Kier alpha value is -1.21. The van der Waals surface area contributed by atoms with Gasteiger partial charge in [0.05, 0.1) is 6.54 Å². The van der Waals surface area contributed by atoms with Crippen LogP contribution < -0.4 is 5.73 Å². The van der Waals surface area contributed by atoms with Crippen LogP contribution in [0.25, 0.3) is 0 Å². The van der Waals surface area contributed by atoms with Crippen LogP contribution >= 0.6 is 23.1 Å². The van der Waals surface area contributed by atoms with Crippen LogP contribution in [0.2, 0.25) is 0 Å². The summed E-state index contributed by atoms with van der Waals surface area (Å²) in [5.41, 5.74) is 8.13. The number of nitrogens with two attached hydrogens (primary N) is 1. The number of thioether (sulfide) groups is 1. The lowest BCUT2D eigenvalue weighted by atomic mass is 9.87. The second kappa shape index (κ2) is 7.17. The van der Waals surface area contributed by atoms with E-state index in [9.17, 15) is 0 Å². The molecule has 3 heteroatoms. The van der Waals surface area contributed by atoms with Gasteiger partial charge in [-0.3, -0.25) is 0 Å². The zero-order valence-electron chi connectivity index (χ0n) is 12.8. The van der Waals surface area contributed by atoms with E-state index in [1.165, 1.54) is 15.3 Å². The molecule has 0 saturated carbocycles. The van der Waals surface area contributed by atoms with Crippen LogP contribution in [0.15, 0.2) is 40.6 Å². The molecule has 0 spiro atoms.